The summed E-state index contributed by atoms with van der Waals surface area (Å²) >= 11 is 5.41. The Bertz CT molecular complexity index is 517. The molecule has 1 aromatic heterocycles. The van der Waals surface area contributed by atoms with Crippen LogP contribution in [-0.4, -0.2) is 31.1 Å². The zero-order valence-corrected chi connectivity index (χ0v) is 12.0. The highest BCUT2D eigenvalue weighted by atomic mass is 79.9. The fourth-order valence-corrected chi connectivity index (χ4v) is 3.58. The molecule has 1 aromatic carbocycles. The SMILES string of the molecule is Brc1ccc2scc(CN3CCNCC3)c2c1. The Morgan fingerprint density at radius 2 is 2.12 bits per heavy atom. The van der Waals surface area contributed by atoms with E-state index >= 15 is 0 Å². The van der Waals surface area contributed by atoms with Gasteiger partial charge in [-0.2, -0.15) is 0 Å². The maximum atomic E-state index is 3.56. The van der Waals surface area contributed by atoms with Gasteiger partial charge in [0.05, 0.1) is 0 Å². The Labute approximate surface area is 114 Å². The van der Waals surface area contributed by atoms with E-state index in [-0.39, 0.29) is 0 Å². The highest BCUT2D eigenvalue weighted by molar-refractivity contribution is 9.10. The number of rotatable bonds is 2. The number of fused-ring (bicyclic) bond motifs is 1. The van der Waals surface area contributed by atoms with E-state index in [9.17, 15) is 0 Å². The number of hydrogen-bond acceptors (Lipinski definition) is 3. The second-order valence-electron chi connectivity index (χ2n) is 4.43. The molecule has 2 nitrogen and oxygen atoms in total. The van der Waals surface area contributed by atoms with Crippen molar-refractivity contribution in [3.05, 3.63) is 33.6 Å². The van der Waals surface area contributed by atoms with Crippen LogP contribution >= 0.6 is 27.3 Å². The van der Waals surface area contributed by atoms with Gasteiger partial charge >= 0.3 is 0 Å². The van der Waals surface area contributed by atoms with Crippen LogP contribution in [0, 0.1) is 0 Å². The minimum Gasteiger partial charge on any atom is -0.314 e. The molecule has 1 fully saturated rings. The van der Waals surface area contributed by atoms with Crippen molar-refractivity contribution in [1.82, 2.24) is 10.2 Å². The summed E-state index contributed by atoms with van der Waals surface area (Å²) in [6.45, 7) is 5.63. The third-order valence-electron chi connectivity index (χ3n) is 3.22. The molecule has 0 unspecified atom stereocenters. The summed E-state index contributed by atoms with van der Waals surface area (Å²) in [6, 6.07) is 6.56. The number of hydrogen-bond donors (Lipinski definition) is 1. The molecule has 0 radical (unpaired) electrons. The van der Waals surface area contributed by atoms with E-state index in [1.165, 1.54) is 20.1 Å². The zero-order chi connectivity index (χ0) is 11.7. The van der Waals surface area contributed by atoms with Gasteiger partial charge in [0.15, 0.2) is 0 Å². The molecule has 90 valence electrons. The summed E-state index contributed by atoms with van der Waals surface area (Å²) < 4.78 is 2.56. The molecule has 0 spiro atoms. The molecule has 0 amide bonds. The first-order chi connectivity index (χ1) is 8.33. The molecule has 3 rings (SSSR count). The van der Waals surface area contributed by atoms with Crippen molar-refractivity contribution in [2.75, 3.05) is 26.2 Å². The first-order valence-corrected chi connectivity index (χ1v) is 7.59. The van der Waals surface area contributed by atoms with Gasteiger partial charge in [0.25, 0.3) is 0 Å². The molecule has 1 saturated heterocycles. The lowest BCUT2D eigenvalue weighted by Crippen LogP contribution is -2.42. The van der Waals surface area contributed by atoms with Gasteiger partial charge in [0.1, 0.15) is 0 Å². The maximum Gasteiger partial charge on any atom is 0.0346 e. The fourth-order valence-electron chi connectivity index (χ4n) is 2.29. The van der Waals surface area contributed by atoms with Crippen molar-refractivity contribution in [3.63, 3.8) is 0 Å². The Morgan fingerprint density at radius 1 is 1.29 bits per heavy atom. The van der Waals surface area contributed by atoms with Crippen LogP contribution in [-0.2, 0) is 6.54 Å². The summed E-state index contributed by atoms with van der Waals surface area (Å²) in [6.07, 6.45) is 0. The smallest absolute Gasteiger partial charge is 0.0346 e. The van der Waals surface area contributed by atoms with Gasteiger partial charge < -0.3 is 5.32 Å². The highest BCUT2D eigenvalue weighted by Crippen LogP contribution is 2.29. The minimum absolute atomic E-state index is 1.08. The molecule has 17 heavy (non-hydrogen) atoms. The van der Waals surface area contributed by atoms with Crippen LogP contribution in [0.4, 0.5) is 0 Å². The van der Waals surface area contributed by atoms with Gasteiger partial charge in [-0.05, 0) is 34.5 Å². The number of thiophene rings is 1. The third kappa shape index (κ3) is 2.55. The minimum atomic E-state index is 1.08. The lowest BCUT2D eigenvalue weighted by Gasteiger charge is -2.26. The van der Waals surface area contributed by atoms with E-state index in [0.29, 0.717) is 0 Å². The molecule has 2 heterocycles. The monoisotopic (exact) mass is 310 g/mol. The summed E-state index contributed by atoms with van der Waals surface area (Å²) in [5, 5.41) is 7.10. The Balaban J connectivity index is 1.86. The molecular weight excluding hydrogens is 296 g/mol. The van der Waals surface area contributed by atoms with Gasteiger partial charge in [-0.15, -0.1) is 11.3 Å². The quantitative estimate of drug-likeness (QED) is 0.917. The highest BCUT2D eigenvalue weighted by Gasteiger charge is 2.12. The summed E-state index contributed by atoms with van der Waals surface area (Å²) in [5.74, 6) is 0. The van der Waals surface area contributed by atoms with Crippen LogP contribution in [0.3, 0.4) is 0 Å². The van der Waals surface area contributed by atoms with E-state index in [1.54, 1.807) is 0 Å². The molecule has 0 atom stereocenters. The predicted octanol–water partition coefficient (Wildman–Crippen LogP) is 3.07. The summed E-state index contributed by atoms with van der Waals surface area (Å²) in [7, 11) is 0. The lowest BCUT2D eigenvalue weighted by molar-refractivity contribution is 0.234. The van der Waals surface area contributed by atoms with Crippen LogP contribution in [0.15, 0.2) is 28.1 Å². The molecule has 1 aliphatic heterocycles. The van der Waals surface area contributed by atoms with E-state index in [2.05, 4.69) is 49.7 Å². The summed E-state index contributed by atoms with van der Waals surface area (Å²) in [4.78, 5) is 2.53. The normalized spacial score (nSPS) is 17.7. The molecular formula is C13H15BrN2S. The van der Waals surface area contributed by atoms with Crippen molar-refractivity contribution >= 4 is 37.4 Å². The molecule has 1 N–H and O–H groups in total. The molecule has 4 heteroatoms. The van der Waals surface area contributed by atoms with Crippen molar-refractivity contribution in [2.45, 2.75) is 6.54 Å². The van der Waals surface area contributed by atoms with E-state index < -0.39 is 0 Å². The average molecular weight is 311 g/mol. The molecule has 0 saturated carbocycles. The first-order valence-electron chi connectivity index (χ1n) is 5.91. The van der Waals surface area contributed by atoms with E-state index in [4.69, 9.17) is 0 Å². The average Bonchev–Trinajstić information content (AvgIpc) is 2.73. The molecule has 0 aliphatic carbocycles. The zero-order valence-electron chi connectivity index (χ0n) is 9.58. The van der Waals surface area contributed by atoms with Crippen molar-refractivity contribution in [3.8, 4) is 0 Å². The van der Waals surface area contributed by atoms with Gasteiger partial charge in [-0.3, -0.25) is 4.90 Å². The lowest BCUT2D eigenvalue weighted by atomic mass is 10.1. The third-order valence-corrected chi connectivity index (χ3v) is 4.72. The summed E-state index contributed by atoms with van der Waals surface area (Å²) in [5.41, 5.74) is 1.47. The van der Waals surface area contributed by atoms with Gasteiger partial charge in [-0.1, -0.05) is 15.9 Å². The Morgan fingerprint density at radius 3 is 2.94 bits per heavy atom. The topological polar surface area (TPSA) is 15.3 Å². The van der Waals surface area contributed by atoms with Crippen molar-refractivity contribution in [2.24, 2.45) is 0 Å². The number of nitrogens with zero attached hydrogens (tertiary/aromatic N) is 1. The van der Waals surface area contributed by atoms with Gasteiger partial charge in [-0.25, -0.2) is 0 Å². The Kier molecular flexibility index (Phi) is 3.47. The first kappa shape index (κ1) is 11.7. The number of nitrogens with one attached hydrogen (secondary N) is 1. The molecule has 1 aliphatic rings. The number of benzene rings is 1. The van der Waals surface area contributed by atoms with Crippen LogP contribution in [0.2, 0.25) is 0 Å². The molecule has 0 bridgehead atoms. The number of piperazine rings is 1. The second kappa shape index (κ2) is 5.06. The van der Waals surface area contributed by atoms with Crippen LogP contribution in [0.5, 0.6) is 0 Å². The van der Waals surface area contributed by atoms with E-state index in [0.717, 1.165) is 32.7 Å². The second-order valence-corrected chi connectivity index (χ2v) is 6.25. The number of halogens is 1. The maximum absolute atomic E-state index is 3.56. The largest absolute Gasteiger partial charge is 0.314 e. The predicted molar refractivity (Wildman–Crippen MR) is 77.7 cm³/mol. The van der Waals surface area contributed by atoms with Crippen LogP contribution in [0.25, 0.3) is 10.1 Å². The van der Waals surface area contributed by atoms with Crippen LogP contribution in [0.1, 0.15) is 5.56 Å². The van der Waals surface area contributed by atoms with Crippen LogP contribution < -0.4 is 5.32 Å². The van der Waals surface area contributed by atoms with Crippen molar-refractivity contribution < 1.29 is 0 Å². The molecule has 2 aromatic rings. The van der Waals surface area contributed by atoms with Gasteiger partial charge in [0, 0.05) is 41.9 Å². The Hall–Kier alpha value is -0.420. The fraction of sp³-hybridized carbons (Fsp3) is 0.385. The van der Waals surface area contributed by atoms with E-state index in [1.807, 2.05) is 11.3 Å². The standard InChI is InChI=1S/C13H15BrN2S/c14-11-1-2-13-12(7-11)10(9-17-13)8-16-5-3-15-4-6-16/h1-2,7,9,15H,3-6,8H2. The van der Waals surface area contributed by atoms with Crippen molar-refractivity contribution in [1.29, 1.82) is 0 Å². The van der Waals surface area contributed by atoms with Gasteiger partial charge in [0.2, 0.25) is 0 Å².